The molecule has 8 heteroatoms. The molecule has 0 saturated heterocycles. The van der Waals surface area contributed by atoms with Crippen LogP contribution in [0.25, 0.3) is 0 Å². The molecule has 0 spiro atoms. The zero-order valence-electron chi connectivity index (χ0n) is 7.40. The van der Waals surface area contributed by atoms with Crippen LogP contribution in [0.15, 0.2) is 0 Å². The van der Waals surface area contributed by atoms with Crippen molar-refractivity contribution in [3.8, 4) is 0 Å². The Bertz CT molecular complexity index is 67.9. The second-order valence-corrected chi connectivity index (χ2v) is 1.54. The van der Waals surface area contributed by atoms with Gasteiger partial charge in [-0.2, -0.15) is 0 Å². The number of hydrogen-bond donors (Lipinski definition) is 3. The van der Waals surface area contributed by atoms with Crippen molar-refractivity contribution in [3.05, 3.63) is 0 Å². The summed E-state index contributed by atoms with van der Waals surface area (Å²) in [5, 5.41) is 0. The maximum atomic E-state index is 8.88. The Kier molecular flexibility index (Phi) is 26.2. The SMILES string of the molecule is O.O=P(O)(O)O.[Ca+2].[H-].[H-].[H-].[Na+]. The molecule has 5 N–H and O–H groups in total. The summed E-state index contributed by atoms with van der Waals surface area (Å²) in [6, 6.07) is 0. The summed E-state index contributed by atoms with van der Waals surface area (Å²) in [7, 11) is -4.64. The zero-order chi connectivity index (χ0) is 4.50. The largest absolute Gasteiger partial charge is 2.00 e. The number of rotatable bonds is 0. The van der Waals surface area contributed by atoms with Gasteiger partial charge in [-0.05, 0) is 0 Å². The van der Waals surface area contributed by atoms with E-state index in [1.807, 2.05) is 0 Å². The van der Waals surface area contributed by atoms with Crippen molar-refractivity contribution in [1.29, 1.82) is 0 Å². The van der Waals surface area contributed by atoms with Gasteiger partial charge in [-0.3, -0.25) is 0 Å². The molecule has 0 aromatic carbocycles. The van der Waals surface area contributed by atoms with Crippen LogP contribution in [0.4, 0.5) is 0 Å². The molecule has 0 aromatic heterocycles. The van der Waals surface area contributed by atoms with Crippen molar-refractivity contribution < 1.29 is 58.6 Å². The van der Waals surface area contributed by atoms with Gasteiger partial charge in [-0.1, -0.05) is 0 Å². The van der Waals surface area contributed by atoms with Gasteiger partial charge in [0.2, 0.25) is 0 Å². The van der Waals surface area contributed by atoms with Gasteiger partial charge in [0.25, 0.3) is 0 Å². The van der Waals surface area contributed by atoms with Crippen LogP contribution in [0.3, 0.4) is 0 Å². The predicted molar refractivity (Wildman–Crippen MR) is 27.0 cm³/mol. The summed E-state index contributed by atoms with van der Waals surface area (Å²) in [6.45, 7) is 0. The first-order chi connectivity index (χ1) is 2.00. The molecule has 0 fully saturated rings. The molecular weight excluding hydrogens is 174 g/mol. The fraction of sp³-hybridized carbons (Fsp3) is 0. The van der Waals surface area contributed by atoms with E-state index in [-0.39, 0.29) is 77.1 Å². The van der Waals surface area contributed by atoms with E-state index in [0.717, 1.165) is 0 Å². The average molecular weight is 182 g/mol. The minimum Gasteiger partial charge on any atom is -1.00 e. The Morgan fingerprint density at radius 2 is 1.25 bits per heavy atom. The third-order valence-corrected chi connectivity index (χ3v) is 0. The zero-order valence-corrected chi connectivity index (χ0v) is 9.51. The fourth-order valence-corrected chi connectivity index (χ4v) is 0. The Balaban J connectivity index is -0.00000000533. The summed E-state index contributed by atoms with van der Waals surface area (Å²) in [4.78, 5) is 21.6. The summed E-state index contributed by atoms with van der Waals surface area (Å²) in [5.74, 6) is 0. The van der Waals surface area contributed by atoms with E-state index >= 15 is 0 Å². The van der Waals surface area contributed by atoms with E-state index in [4.69, 9.17) is 19.2 Å². The van der Waals surface area contributed by atoms with E-state index in [0.29, 0.717) is 0 Å². The van der Waals surface area contributed by atoms with Crippen LogP contribution in [-0.2, 0) is 4.57 Å². The fourth-order valence-electron chi connectivity index (χ4n) is 0. The van der Waals surface area contributed by atoms with Crippen molar-refractivity contribution in [3.63, 3.8) is 0 Å². The van der Waals surface area contributed by atoms with Crippen LogP contribution in [0.1, 0.15) is 4.28 Å². The van der Waals surface area contributed by atoms with E-state index in [2.05, 4.69) is 0 Å². The van der Waals surface area contributed by atoms with Crippen molar-refractivity contribution in [1.82, 2.24) is 0 Å². The molecule has 0 saturated carbocycles. The van der Waals surface area contributed by atoms with Gasteiger partial charge in [0.1, 0.15) is 0 Å². The van der Waals surface area contributed by atoms with Crippen LogP contribution in [-0.4, -0.2) is 57.9 Å². The van der Waals surface area contributed by atoms with Crippen LogP contribution in [0.5, 0.6) is 0 Å². The van der Waals surface area contributed by atoms with Gasteiger partial charge in [0.15, 0.2) is 0 Å². The molecular formula is H8CaNaO5P. The Hall–Kier alpha value is 2.33. The van der Waals surface area contributed by atoms with Gasteiger partial charge in [-0.25, -0.2) is 4.57 Å². The smallest absolute Gasteiger partial charge is 1.00 e. The topological polar surface area (TPSA) is 109 Å². The van der Waals surface area contributed by atoms with Gasteiger partial charge < -0.3 is 24.4 Å². The monoisotopic (exact) mass is 182 g/mol. The van der Waals surface area contributed by atoms with Gasteiger partial charge in [-0.15, -0.1) is 0 Å². The minimum absolute atomic E-state index is 0. The quantitative estimate of drug-likeness (QED) is 0.258. The molecule has 0 bridgehead atoms. The third-order valence-electron chi connectivity index (χ3n) is 0. The molecule has 0 aliphatic rings. The van der Waals surface area contributed by atoms with E-state index in [1.54, 1.807) is 0 Å². The van der Waals surface area contributed by atoms with Crippen molar-refractivity contribution >= 4 is 45.6 Å². The van der Waals surface area contributed by atoms with Gasteiger partial charge in [0.05, 0.1) is 0 Å². The van der Waals surface area contributed by atoms with Crippen molar-refractivity contribution in [2.24, 2.45) is 0 Å². The summed E-state index contributed by atoms with van der Waals surface area (Å²) in [6.07, 6.45) is 0. The average Bonchev–Trinajstić information content (AvgIpc) is 0.722. The van der Waals surface area contributed by atoms with E-state index in [1.165, 1.54) is 0 Å². The maximum Gasteiger partial charge on any atom is 2.00 e. The Morgan fingerprint density at radius 1 is 1.25 bits per heavy atom. The molecule has 0 unspecified atom stereocenters. The number of phosphoric acid groups is 1. The molecule has 0 radical (unpaired) electrons. The first-order valence-corrected chi connectivity index (χ1v) is 2.35. The molecule has 0 rings (SSSR count). The molecule has 0 heterocycles. The molecule has 8 heavy (non-hydrogen) atoms. The summed E-state index contributed by atoms with van der Waals surface area (Å²) >= 11 is 0. The molecule has 0 aliphatic carbocycles. The normalized spacial score (nSPS) is 7.38. The minimum atomic E-state index is -4.64. The number of hydrogen-bond acceptors (Lipinski definition) is 1. The summed E-state index contributed by atoms with van der Waals surface area (Å²) in [5.41, 5.74) is 0. The third kappa shape index (κ3) is 82.5. The van der Waals surface area contributed by atoms with Gasteiger partial charge in [0, 0.05) is 0 Å². The van der Waals surface area contributed by atoms with E-state index in [9.17, 15) is 0 Å². The summed E-state index contributed by atoms with van der Waals surface area (Å²) < 4.78 is 8.88. The van der Waals surface area contributed by atoms with Crippen molar-refractivity contribution in [2.75, 3.05) is 0 Å². The first kappa shape index (κ1) is 22.4. The predicted octanol–water partition coefficient (Wildman–Crippen LogP) is -4.79. The molecule has 0 amide bonds. The Morgan fingerprint density at radius 3 is 1.25 bits per heavy atom. The van der Waals surface area contributed by atoms with Crippen LogP contribution < -0.4 is 29.6 Å². The molecule has 46 valence electrons. The Labute approximate surface area is 103 Å². The van der Waals surface area contributed by atoms with E-state index < -0.39 is 7.82 Å². The molecule has 0 atom stereocenters. The first-order valence-electron chi connectivity index (χ1n) is 0.783. The van der Waals surface area contributed by atoms with Crippen LogP contribution >= 0.6 is 7.82 Å². The van der Waals surface area contributed by atoms with Crippen molar-refractivity contribution in [2.45, 2.75) is 0 Å². The molecule has 0 aromatic rings. The van der Waals surface area contributed by atoms with Gasteiger partial charge >= 0.3 is 75.1 Å². The maximum absolute atomic E-state index is 8.88. The van der Waals surface area contributed by atoms with Crippen LogP contribution in [0, 0.1) is 0 Å². The molecule has 5 nitrogen and oxygen atoms in total. The second-order valence-electron chi connectivity index (χ2n) is 0.513. The molecule has 0 aliphatic heterocycles. The standard InChI is InChI=1S/Ca.Na.H3O4P.H2O.3H/c;;1-5(2,3)4;;;;/h;;(H3,1,2,3,4);1H2;;;/q+2;+1;;;3*-1. The van der Waals surface area contributed by atoms with Crippen LogP contribution in [0.2, 0.25) is 0 Å². The second kappa shape index (κ2) is 9.33.